The highest BCUT2D eigenvalue weighted by Gasteiger charge is 2.22. The second kappa shape index (κ2) is 7.38. The second-order valence-electron chi connectivity index (χ2n) is 5.68. The summed E-state index contributed by atoms with van der Waals surface area (Å²) in [4.78, 5) is 9.06. The summed E-state index contributed by atoms with van der Waals surface area (Å²) >= 11 is 0. The first-order chi connectivity index (χ1) is 10.1. The molecular weight excluding hydrogens is 266 g/mol. The van der Waals surface area contributed by atoms with Gasteiger partial charge in [-0.05, 0) is 44.1 Å². The van der Waals surface area contributed by atoms with E-state index < -0.39 is 0 Å². The molecule has 6 nitrogen and oxygen atoms in total. The lowest BCUT2D eigenvalue weighted by Gasteiger charge is -2.30. The maximum atomic E-state index is 8.75. The standard InChI is InChI=1S/C15H25N5O/c1-3-13-11-19(2)7-4-8-20(13)10-12-5-6-17-14(9-12)15(16)18-21/h5-6,9,13,21H,3-4,7-8,10-11H2,1-2H3,(H2,16,18). The zero-order valence-electron chi connectivity index (χ0n) is 12.9. The first-order valence-corrected chi connectivity index (χ1v) is 7.49. The Morgan fingerprint density at radius 2 is 2.33 bits per heavy atom. The first kappa shape index (κ1) is 15.7. The highest BCUT2D eigenvalue weighted by molar-refractivity contribution is 5.95. The maximum absolute atomic E-state index is 8.75. The average Bonchev–Trinajstić information content (AvgIpc) is 2.68. The van der Waals surface area contributed by atoms with Crippen molar-refractivity contribution < 1.29 is 5.21 Å². The van der Waals surface area contributed by atoms with Crippen LogP contribution in [0.15, 0.2) is 23.5 Å². The lowest BCUT2D eigenvalue weighted by molar-refractivity contribution is 0.176. The van der Waals surface area contributed by atoms with Gasteiger partial charge in [-0.3, -0.25) is 9.88 Å². The quantitative estimate of drug-likeness (QED) is 0.376. The third kappa shape index (κ3) is 4.15. The van der Waals surface area contributed by atoms with Crippen LogP contribution in [0.4, 0.5) is 0 Å². The minimum absolute atomic E-state index is 0.0551. The topological polar surface area (TPSA) is 78.0 Å². The van der Waals surface area contributed by atoms with Crippen LogP contribution in [0.25, 0.3) is 0 Å². The first-order valence-electron chi connectivity index (χ1n) is 7.49. The molecule has 3 N–H and O–H groups in total. The normalized spacial score (nSPS) is 22.2. The van der Waals surface area contributed by atoms with Gasteiger partial charge in [-0.2, -0.15) is 0 Å². The minimum Gasteiger partial charge on any atom is -0.409 e. The molecule has 0 aliphatic carbocycles. The lowest BCUT2D eigenvalue weighted by Crippen LogP contribution is -2.39. The third-order valence-corrected chi connectivity index (χ3v) is 4.08. The van der Waals surface area contributed by atoms with Gasteiger partial charge in [0.05, 0.1) is 0 Å². The molecule has 2 rings (SSSR count). The van der Waals surface area contributed by atoms with Crippen LogP contribution in [0, 0.1) is 0 Å². The summed E-state index contributed by atoms with van der Waals surface area (Å²) in [6.07, 6.45) is 4.04. The van der Waals surface area contributed by atoms with E-state index in [4.69, 9.17) is 10.9 Å². The number of rotatable bonds is 4. The fraction of sp³-hybridized carbons (Fsp3) is 0.600. The zero-order valence-corrected chi connectivity index (χ0v) is 12.9. The van der Waals surface area contributed by atoms with Crippen molar-refractivity contribution in [2.24, 2.45) is 10.9 Å². The van der Waals surface area contributed by atoms with Crippen molar-refractivity contribution in [3.8, 4) is 0 Å². The molecule has 1 fully saturated rings. The van der Waals surface area contributed by atoms with Gasteiger partial charge in [0, 0.05) is 31.9 Å². The smallest absolute Gasteiger partial charge is 0.188 e. The predicted molar refractivity (Wildman–Crippen MR) is 83.4 cm³/mol. The van der Waals surface area contributed by atoms with Crippen LogP contribution in [0.1, 0.15) is 31.0 Å². The highest BCUT2D eigenvalue weighted by atomic mass is 16.4. The average molecular weight is 291 g/mol. The van der Waals surface area contributed by atoms with E-state index in [1.165, 1.54) is 6.42 Å². The predicted octanol–water partition coefficient (Wildman–Crippen LogP) is 1.09. The van der Waals surface area contributed by atoms with Crippen LogP contribution >= 0.6 is 0 Å². The van der Waals surface area contributed by atoms with E-state index in [1.807, 2.05) is 12.1 Å². The molecule has 0 aromatic carbocycles. The fourth-order valence-electron chi connectivity index (χ4n) is 2.89. The van der Waals surface area contributed by atoms with Crippen LogP contribution in [0.5, 0.6) is 0 Å². The number of nitrogens with two attached hydrogens (primary N) is 1. The van der Waals surface area contributed by atoms with E-state index in [1.54, 1.807) is 6.20 Å². The van der Waals surface area contributed by atoms with Gasteiger partial charge in [-0.25, -0.2) is 0 Å². The second-order valence-corrected chi connectivity index (χ2v) is 5.68. The molecule has 1 aliphatic heterocycles. The Labute approximate surface area is 126 Å². The largest absolute Gasteiger partial charge is 0.409 e. The SMILES string of the molecule is CCC1CN(C)CCCN1Cc1ccnc(/C(N)=N/O)c1. The van der Waals surface area contributed by atoms with Crippen molar-refractivity contribution in [3.63, 3.8) is 0 Å². The Morgan fingerprint density at radius 1 is 1.52 bits per heavy atom. The monoisotopic (exact) mass is 291 g/mol. The molecule has 1 aromatic heterocycles. The molecule has 1 unspecified atom stereocenters. The molecule has 6 heteroatoms. The van der Waals surface area contributed by atoms with Gasteiger partial charge >= 0.3 is 0 Å². The summed E-state index contributed by atoms with van der Waals surface area (Å²) in [5.41, 5.74) is 7.28. The molecule has 1 aromatic rings. The van der Waals surface area contributed by atoms with Gasteiger partial charge in [0.25, 0.3) is 0 Å². The summed E-state index contributed by atoms with van der Waals surface area (Å²) in [7, 11) is 2.19. The van der Waals surface area contributed by atoms with Crippen molar-refractivity contribution in [1.29, 1.82) is 0 Å². The van der Waals surface area contributed by atoms with E-state index >= 15 is 0 Å². The Hall–Kier alpha value is -1.66. The van der Waals surface area contributed by atoms with Gasteiger partial charge < -0.3 is 15.8 Å². The molecule has 116 valence electrons. The summed E-state index contributed by atoms with van der Waals surface area (Å²) in [5.74, 6) is 0.0551. The van der Waals surface area contributed by atoms with E-state index in [2.05, 4.69) is 33.9 Å². The molecule has 0 amide bonds. The molecule has 0 bridgehead atoms. The molecule has 0 spiro atoms. The van der Waals surface area contributed by atoms with Crippen molar-refractivity contribution >= 4 is 5.84 Å². The molecule has 0 saturated carbocycles. The van der Waals surface area contributed by atoms with E-state index in [9.17, 15) is 0 Å². The Morgan fingerprint density at radius 3 is 3.05 bits per heavy atom. The van der Waals surface area contributed by atoms with Crippen LogP contribution in [-0.4, -0.2) is 58.6 Å². The number of hydrogen-bond donors (Lipinski definition) is 2. The lowest BCUT2D eigenvalue weighted by atomic mass is 10.1. The van der Waals surface area contributed by atoms with Crippen molar-refractivity contribution in [1.82, 2.24) is 14.8 Å². The van der Waals surface area contributed by atoms with Gasteiger partial charge in [0.1, 0.15) is 5.69 Å². The number of likely N-dealkylation sites (N-methyl/N-ethyl adjacent to an activating group) is 1. The van der Waals surface area contributed by atoms with E-state index in [-0.39, 0.29) is 5.84 Å². The van der Waals surface area contributed by atoms with Gasteiger partial charge in [-0.1, -0.05) is 12.1 Å². The molecule has 1 atom stereocenters. The molecular formula is C15H25N5O. The van der Waals surface area contributed by atoms with Crippen molar-refractivity contribution in [2.75, 3.05) is 26.7 Å². The van der Waals surface area contributed by atoms with Gasteiger partial charge in [-0.15, -0.1) is 0 Å². The van der Waals surface area contributed by atoms with E-state index in [0.717, 1.165) is 38.2 Å². The Kier molecular flexibility index (Phi) is 5.52. The number of oxime groups is 1. The summed E-state index contributed by atoms with van der Waals surface area (Å²) in [6, 6.07) is 4.46. The number of pyridine rings is 1. The summed E-state index contributed by atoms with van der Waals surface area (Å²) < 4.78 is 0. The molecule has 1 aliphatic rings. The molecule has 1 saturated heterocycles. The van der Waals surface area contributed by atoms with Crippen LogP contribution < -0.4 is 5.73 Å². The van der Waals surface area contributed by atoms with Crippen LogP contribution in [0.2, 0.25) is 0 Å². The Bertz CT molecular complexity index is 491. The molecule has 2 heterocycles. The maximum Gasteiger partial charge on any atom is 0.188 e. The van der Waals surface area contributed by atoms with Gasteiger partial charge in [0.15, 0.2) is 5.84 Å². The fourth-order valence-corrected chi connectivity index (χ4v) is 2.89. The van der Waals surface area contributed by atoms with Crippen molar-refractivity contribution in [3.05, 3.63) is 29.6 Å². The zero-order chi connectivity index (χ0) is 15.2. The van der Waals surface area contributed by atoms with Crippen molar-refractivity contribution in [2.45, 2.75) is 32.4 Å². The van der Waals surface area contributed by atoms with Crippen LogP contribution in [0.3, 0.4) is 0 Å². The summed E-state index contributed by atoms with van der Waals surface area (Å²) in [6.45, 7) is 6.48. The molecule has 21 heavy (non-hydrogen) atoms. The minimum atomic E-state index is 0.0551. The summed E-state index contributed by atoms with van der Waals surface area (Å²) in [5, 5.41) is 11.8. The number of hydrogen-bond acceptors (Lipinski definition) is 5. The van der Waals surface area contributed by atoms with E-state index in [0.29, 0.717) is 11.7 Å². The highest BCUT2D eigenvalue weighted by Crippen LogP contribution is 2.16. The number of aromatic nitrogens is 1. The Balaban J connectivity index is 2.12. The number of amidine groups is 1. The van der Waals surface area contributed by atoms with Crippen LogP contribution in [-0.2, 0) is 6.54 Å². The van der Waals surface area contributed by atoms with Gasteiger partial charge in [0.2, 0.25) is 0 Å². The number of nitrogens with zero attached hydrogens (tertiary/aromatic N) is 4. The molecule has 0 radical (unpaired) electrons. The third-order valence-electron chi connectivity index (χ3n) is 4.08.